The molecule has 0 saturated carbocycles. The van der Waals surface area contributed by atoms with Crippen molar-refractivity contribution in [1.82, 2.24) is 0 Å². The Morgan fingerprint density at radius 1 is 1.75 bits per heavy atom. The molecule has 0 radical (unpaired) electrons. The van der Waals surface area contributed by atoms with Crippen LogP contribution in [0.1, 0.15) is 13.3 Å². The van der Waals surface area contributed by atoms with E-state index in [2.05, 4.69) is 6.58 Å². The van der Waals surface area contributed by atoms with E-state index in [9.17, 15) is 8.63 Å². The summed E-state index contributed by atoms with van der Waals surface area (Å²) >= 11 is 0. The lowest BCUT2D eigenvalue weighted by molar-refractivity contribution is 0.621. The van der Waals surface area contributed by atoms with Crippen LogP contribution in [0.4, 0.5) is 8.63 Å². The first-order chi connectivity index (χ1) is 3.72. The summed E-state index contributed by atoms with van der Waals surface area (Å²) in [5.74, 6) is -0.616. The van der Waals surface area contributed by atoms with Crippen molar-refractivity contribution >= 4 is 7.27 Å². The van der Waals surface area contributed by atoms with Gasteiger partial charge in [-0.15, -0.1) is 6.58 Å². The van der Waals surface area contributed by atoms with Gasteiger partial charge in [-0.1, -0.05) is 19.4 Å². The maximum absolute atomic E-state index is 11.6. The molecule has 0 saturated heterocycles. The van der Waals surface area contributed by atoms with Gasteiger partial charge in [-0.2, -0.15) is 0 Å². The van der Waals surface area contributed by atoms with Crippen molar-refractivity contribution < 1.29 is 8.63 Å². The van der Waals surface area contributed by atoms with Gasteiger partial charge in [0.2, 0.25) is 0 Å². The first-order valence-corrected chi connectivity index (χ1v) is 2.63. The van der Waals surface area contributed by atoms with Gasteiger partial charge in [0.25, 0.3) is 0 Å². The molecule has 46 valence electrons. The smallest absolute Gasteiger partial charge is 0.286 e. The molecule has 0 unspecified atom stereocenters. The molecule has 0 aliphatic carbocycles. The molecule has 0 spiro atoms. The molecule has 0 fully saturated rings. The Labute approximate surface area is 48.8 Å². The van der Waals surface area contributed by atoms with E-state index in [1.165, 1.54) is 6.08 Å². The molecule has 0 nitrogen and oxygen atoms in total. The van der Waals surface area contributed by atoms with Crippen LogP contribution in [0.25, 0.3) is 0 Å². The zero-order chi connectivity index (χ0) is 6.57. The van der Waals surface area contributed by atoms with E-state index in [-0.39, 0.29) is 0 Å². The third-order valence-corrected chi connectivity index (χ3v) is 1.10. The van der Waals surface area contributed by atoms with Crippen LogP contribution in [-0.4, -0.2) is 7.27 Å². The third kappa shape index (κ3) is 2.10. The van der Waals surface area contributed by atoms with Crippen molar-refractivity contribution in [2.45, 2.75) is 19.2 Å². The third-order valence-electron chi connectivity index (χ3n) is 1.10. The molecular weight excluding hydrogens is 109 g/mol. The molecule has 0 aromatic carbocycles. The van der Waals surface area contributed by atoms with Crippen LogP contribution in [-0.2, 0) is 0 Å². The monoisotopic (exact) mass is 118 g/mol. The van der Waals surface area contributed by atoms with Gasteiger partial charge in [-0.3, -0.25) is 8.63 Å². The van der Waals surface area contributed by atoms with Gasteiger partial charge in [0, 0.05) is 5.82 Å². The minimum Gasteiger partial charge on any atom is -0.286 e. The topological polar surface area (TPSA) is 0 Å². The largest absolute Gasteiger partial charge is 0.544 e. The summed E-state index contributed by atoms with van der Waals surface area (Å²) < 4.78 is 23.3. The van der Waals surface area contributed by atoms with Crippen LogP contribution < -0.4 is 0 Å². The zero-order valence-electron chi connectivity index (χ0n) is 4.90. The van der Waals surface area contributed by atoms with Crippen LogP contribution in [0.3, 0.4) is 0 Å². The van der Waals surface area contributed by atoms with Crippen molar-refractivity contribution in [3.8, 4) is 0 Å². The standard InChI is InChI=1S/C5H9BF2/c1-3-5(4-2)6(7)8/h3,5H,1,4H2,2H3/t5-/m1/s1. The normalized spacial score (nSPS) is 12.9. The lowest BCUT2D eigenvalue weighted by Crippen LogP contribution is -2.04. The average Bonchev–Trinajstić information content (AvgIpc) is 1.69. The molecule has 8 heavy (non-hydrogen) atoms. The highest BCUT2D eigenvalue weighted by Crippen LogP contribution is 2.16. The molecule has 0 amide bonds. The minimum atomic E-state index is -2.24. The predicted molar refractivity (Wildman–Crippen MR) is 32.2 cm³/mol. The summed E-state index contributed by atoms with van der Waals surface area (Å²) in [5.41, 5.74) is 0. The van der Waals surface area contributed by atoms with Gasteiger partial charge in [0.05, 0.1) is 0 Å². The predicted octanol–water partition coefficient (Wildman–Crippen LogP) is 2.38. The van der Waals surface area contributed by atoms with Crippen LogP contribution in [0, 0.1) is 0 Å². The molecular formula is C5H9BF2. The fourth-order valence-electron chi connectivity index (χ4n) is 0.448. The van der Waals surface area contributed by atoms with Crippen LogP contribution in [0.2, 0.25) is 5.82 Å². The van der Waals surface area contributed by atoms with E-state index >= 15 is 0 Å². The summed E-state index contributed by atoms with van der Waals surface area (Å²) in [6.07, 6.45) is 1.77. The van der Waals surface area contributed by atoms with Crippen LogP contribution >= 0.6 is 0 Å². The number of allylic oxidation sites excluding steroid dienone is 1. The Bertz CT molecular complexity index is 72.8. The minimum absolute atomic E-state index is 0.473. The fraction of sp³-hybridized carbons (Fsp3) is 0.600. The Kier molecular flexibility index (Phi) is 3.49. The molecule has 0 heterocycles. The van der Waals surface area contributed by atoms with E-state index in [4.69, 9.17) is 0 Å². The van der Waals surface area contributed by atoms with Crippen LogP contribution in [0.5, 0.6) is 0 Å². The molecule has 0 aromatic heterocycles. The van der Waals surface area contributed by atoms with Crippen molar-refractivity contribution in [2.75, 3.05) is 0 Å². The second kappa shape index (κ2) is 3.64. The lowest BCUT2D eigenvalue weighted by Gasteiger charge is -2.00. The number of rotatable bonds is 3. The molecule has 0 bridgehead atoms. The fourth-order valence-corrected chi connectivity index (χ4v) is 0.448. The maximum atomic E-state index is 11.6. The molecule has 0 rings (SSSR count). The van der Waals surface area contributed by atoms with E-state index in [1.54, 1.807) is 6.92 Å². The quantitative estimate of drug-likeness (QED) is 0.394. The van der Waals surface area contributed by atoms with Crippen LogP contribution in [0.15, 0.2) is 12.7 Å². The highest BCUT2D eigenvalue weighted by atomic mass is 19.2. The summed E-state index contributed by atoms with van der Waals surface area (Å²) in [6.45, 7) is 4.99. The first kappa shape index (κ1) is 7.66. The van der Waals surface area contributed by atoms with Gasteiger partial charge in [-0.05, 0) is 0 Å². The maximum Gasteiger partial charge on any atom is 0.544 e. The molecule has 0 aliphatic rings. The zero-order valence-corrected chi connectivity index (χ0v) is 4.90. The van der Waals surface area contributed by atoms with Crippen molar-refractivity contribution in [3.05, 3.63) is 12.7 Å². The molecule has 0 N–H and O–H groups in total. The summed E-state index contributed by atoms with van der Waals surface area (Å²) in [7, 11) is -2.24. The summed E-state index contributed by atoms with van der Waals surface area (Å²) in [6, 6.07) is 0. The van der Waals surface area contributed by atoms with E-state index < -0.39 is 13.1 Å². The van der Waals surface area contributed by atoms with Crippen molar-refractivity contribution in [1.29, 1.82) is 0 Å². The first-order valence-electron chi connectivity index (χ1n) is 2.63. The van der Waals surface area contributed by atoms with Gasteiger partial charge < -0.3 is 0 Å². The lowest BCUT2D eigenvalue weighted by atomic mass is 9.76. The summed E-state index contributed by atoms with van der Waals surface area (Å²) in [4.78, 5) is 0. The molecule has 1 atom stereocenters. The summed E-state index contributed by atoms with van der Waals surface area (Å²) in [5, 5.41) is 0. The molecule has 0 aliphatic heterocycles. The highest BCUT2D eigenvalue weighted by Gasteiger charge is 2.21. The number of hydrogen-bond acceptors (Lipinski definition) is 0. The Balaban J connectivity index is 3.51. The number of hydrogen-bond donors (Lipinski definition) is 0. The van der Waals surface area contributed by atoms with Gasteiger partial charge in [0.15, 0.2) is 0 Å². The Morgan fingerprint density at radius 3 is 2.25 bits per heavy atom. The Hall–Kier alpha value is -0.335. The second-order valence-corrected chi connectivity index (χ2v) is 1.64. The average molecular weight is 118 g/mol. The van der Waals surface area contributed by atoms with E-state index in [0.29, 0.717) is 6.42 Å². The van der Waals surface area contributed by atoms with E-state index in [0.717, 1.165) is 0 Å². The second-order valence-electron chi connectivity index (χ2n) is 1.64. The SMILES string of the molecule is C=C[C@H](CC)B(F)F. The van der Waals surface area contributed by atoms with Crippen molar-refractivity contribution in [2.24, 2.45) is 0 Å². The van der Waals surface area contributed by atoms with Gasteiger partial charge >= 0.3 is 7.27 Å². The number of halogens is 2. The Morgan fingerprint density at radius 2 is 2.25 bits per heavy atom. The van der Waals surface area contributed by atoms with Gasteiger partial charge in [0.1, 0.15) is 0 Å². The highest BCUT2D eigenvalue weighted by molar-refractivity contribution is 6.45. The molecule has 3 heteroatoms. The van der Waals surface area contributed by atoms with E-state index in [1.807, 2.05) is 0 Å². The van der Waals surface area contributed by atoms with Crippen molar-refractivity contribution in [3.63, 3.8) is 0 Å². The molecule has 0 aromatic rings. The van der Waals surface area contributed by atoms with Gasteiger partial charge in [-0.25, -0.2) is 0 Å².